The first-order valence-electron chi connectivity index (χ1n) is 10.9. The SMILES string of the molecule is CC[C@H](C(=O)NCC(C)C)N(Cc1ccc(Cl)cc1)C(=O)CN(c1ccccc1)S(C)(=O)=O. The van der Waals surface area contributed by atoms with Crippen LogP contribution in [0.15, 0.2) is 54.6 Å². The zero-order valence-corrected chi connectivity index (χ0v) is 21.1. The van der Waals surface area contributed by atoms with E-state index < -0.39 is 28.5 Å². The van der Waals surface area contributed by atoms with Crippen LogP contribution in [-0.4, -0.2) is 50.5 Å². The van der Waals surface area contributed by atoms with Crippen molar-refractivity contribution in [2.24, 2.45) is 5.92 Å². The van der Waals surface area contributed by atoms with Gasteiger partial charge in [-0.25, -0.2) is 8.42 Å². The van der Waals surface area contributed by atoms with Crippen molar-refractivity contribution >= 4 is 39.1 Å². The smallest absolute Gasteiger partial charge is 0.244 e. The van der Waals surface area contributed by atoms with Gasteiger partial charge >= 0.3 is 0 Å². The molecule has 0 radical (unpaired) electrons. The van der Waals surface area contributed by atoms with Crippen LogP contribution in [0, 0.1) is 5.92 Å². The molecule has 0 spiro atoms. The van der Waals surface area contributed by atoms with Crippen molar-refractivity contribution in [2.45, 2.75) is 39.8 Å². The summed E-state index contributed by atoms with van der Waals surface area (Å²) in [4.78, 5) is 27.9. The van der Waals surface area contributed by atoms with Crippen LogP contribution < -0.4 is 9.62 Å². The molecule has 2 aromatic rings. The molecule has 1 N–H and O–H groups in total. The maximum Gasteiger partial charge on any atom is 0.244 e. The van der Waals surface area contributed by atoms with E-state index in [2.05, 4.69) is 5.32 Å². The van der Waals surface area contributed by atoms with Gasteiger partial charge in [-0.3, -0.25) is 13.9 Å². The highest BCUT2D eigenvalue weighted by molar-refractivity contribution is 7.92. The Hall–Kier alpha value is -2.58. The zero-order chi connectivity index (χ0) is 24.6. The first-order valence-corrected chi connectivity index (χ1v) is 13.1. The molecule has 2 aromatic carbocycles. The molecule has 9 heteroatoms. The molecule has 180 valence electrons. The number of rotatable bonds is 11. The lowest BCUT2D eigenvalue weighted by atomic mass is 10.1. The molecule has 2 rings (SSSR count). The third-order valence-corrected chi connectivity index (χ3v) is 6.45. The number of para-hydroxylation sites is 1. The van der Waals surface area contributed by atoms with Crippen molar-refractivity contribution in [1.29, 1.82) is 0 Å². The van der Waals surface area contributed by atoms with Crippen molar-refractivity contribution in [3.8, 4) is 0 Å². The molecular formula is C24H32ClN3O4S. The van der Waals surface area contributed by atoms with Gasteiger partial charge in [0.2, 0.25) is 21.8 Å². The largest absolute Gasteiger partial charge is 0.354 e. The standard InChI is InChI=1S/C24H32ClN3O4S/c1-5-22(24(30)26-15-18(2)3)27(16-19-11-13-20(25)14-12-19)23(29)17-28(33(4,31)32)21-9-7-6-8-10-21/h6-14,18,22H,5,15-17H2,1-4H3,(H,26,30)/t22-/m1/s1. The lowest BCUT2D eigenvalue weighted by molar-refractivity contribution is -0.140. The van der Waals surface area contributed by atoms with Crippen LogP contribution in [0.3, 0.4) is 0 Å². The Bertz CT molecular complexity index is 1030. The number of nitrogens with zero attached hydrogens (tertiary/aromatic N) is 2. The van der Waals surface area contributed by atoms with Gasteiger partial charge in [-0.1, -0.05) is 62.7 Å². The molecule has 0 saturated carbocycles. The molecule has 0 aliphatic heterocycles. The fourth-order valence-electron chi connectivity index (χ4n) is 3.34. The van der Waals surface area contributed by atoms with E-state index in [-0.39, 0.29) is 18.4 Å². The summed E-state index contributed by atoms with van der Waals surface area (Å²) in [6.07, 6.45) is 1.44. The number of carbonyl (C=O) groups is 2. The molecule has 0 aliphatic carbocycles. The summed E-state index contributed by atoms with van der Waals surface area (Å²) in [6, 6.07) is 14.7. The van der Waals surface area contributed by atoms with E-state index in [1.165, 1.54) is 4.90 Å². The molecule has 7 nitrogen and oxygen atoms in total. The van der Waals surface area contributed by atoms with Crippen LogP contribution in [0.1, 0.15) is 32.8 Å². The Balaban J connectivity index is 2.38. The highest BCUT2D eigenvalue weighted by Gasteiger charge is 2.31. The average molecular weight is 494 g/mol. The summed E-state index contributed by atoms with van der Waals surface area (Å²) in [7, 11) is -3.73. The van der Waals surface area contributed by atoms with Gasteiger partial charge in [-0.15, -0.1) is 0 Å². The van der Waals surface area contributed by atoms with Crippen LogP contribution in [0.2, 0.25) is 5.02 Å². The maximum absolute atomic E-state index is 13.5. The van der Waals surface area contributed by atoms with E-state index >= 15 is 0 Å². The Kier molecular flexibility index (Phi) is 9.73. The van der Waals surface area contributed by atoms with E-state index in [1.54, 1.807) is 54.6 Å². The Morgan fingerprint density at radius 1 is 1.03 bits per heavy atom. The number of hydrogen-bond acceptors (Lipinski definition) is 4. The molecule has 1 atom stereocenters. The number of benzene rings is 2. The second-order valence-electron chi connectivity index (χ2n) is 8.32. The summed E-state index contributed by atoms with van der Waals surface area (Å²) < 4.78 is 26.1. The minimum atomic E-state index is -3.73. The van der Waals surface area contributed by atoms with E-state index in [1.807, 2.05) is 20.8 Å². The highest BCUT2D eigenvalue weighted by Crippen LogP contribution is 2.20. The minimum absolute atomic E-state index is 0.149. The minimum Gasteiger partial charge on any atom is -0.354 e. The van der Waals surface area contributed by atoms with Gasteiger partial charge in [0.15, 0.2) is 0 Å². The molecule has 0 bridgehead atoms. The summed E-state index contributed by atoms with van der Waals surface area (Å²) in [5.74, 6) is -0.476. The first-order chi connectivity index (χ1) is 15.5. The van der Waals surface area contributed by atoms with Gasteiger partial charge in [0, 0.05) is 18.1 Å². The van der Waals surface area contributed by atoms with Crippen LogP contribution in [0.4, 0.5) is 5.69 Å². The van der Waals surface area contributed by atoms with Gasteiger partial charge in [0.1, 0.15) is 12.6 Å². The van der Waals surface area contributed by atoms with Crippen molar-refractivity contribution in [1.82, 2.24) is 10.2 Å². The maximum atomic E-state index is 13.5. The van der Waals surface area contributed by atoms with Crippen molar-refractivity contribution in [2.75, 3.05) is 23.7 Å². The molecule has 0 unspecified atom stereocenters. The predicted octanol–water partition coefficient (Wildman–Crippen LogP) is 3.69. The third kappa shape index (κ3) is 8.05. The highest BCUT2D eigenvalue weighted by atomic mass is 35.5. The molecule has 0 saturated heterocycles. The fourth-order valence-corrected chi connectivity index (χ4v) is 4.31. The van der Waals surface area contributed by atoms with E-state index in [9.17, 15) is 18.0 Å². The Morgan fingerprint density at radius 3 is 2.15 bits per heavy atom. The monoisotopic (exact) mass is 493 g/mol. The average Bonchev–Trinajstić information content (AvgIpc) is 2.76. The number of amides is 2. The number of nitrogens with one attached hydrogen (secondary N) is 1. The summed E-state index contributed by atoms with van der Waals surface area (Å²) in [6.45, 7) is 6.02. The van der Waals surface area contributed by atoms with Gasteiger partial charge in [-0.2, -0.15) is 0 Å². The second-order valence-corrected chi connectivity index (χ2v) is 10.7. The van der Waals surface area contributed by atoms with Crippen molar-refractivity contribution in [3.63, 3.8) is 0 Å². The van der Waals surface area contributed by atoms with Crippen molar-refractivity contribution < 1.29 is 18.0 Å². The van der Waals surface area contributed by atoms with Gasteiger partial charge in [0.25, 0.3) is 0 Å². The van der Waals surface area contributed by atoms with Gasteiger partial charge < -0.3 is 10.2 Å². The number of anilines is 1. The molecule has 0 fully saturated rings. The number of hydrogen-bond donors (Lipinski definition) is 1. The van der Waals surface area contributed by atoms with Crippen LogP contribution in [0.5, 0.6) is 0 Å². The van der Waals surface area contributed by atoms with Gasteiger partial charge in [-0.05, 0) is 42.2 Å². The normalized spacial score (nSPS) is 12.3. The number of sulfonamides is 1. The molecule has 2 amide bonds. The number of carbonyl (C=O) groups excluding carboxylic acids is 2. The summed E-state index contributed by atoms with van der Waals surface area (Å²) in [5.41, 5.74) is 1.17. The fraction of sp³-hybridized carbons (Fsp3) is 0.417. The first kappa shape index (κ1) is 26.7. The second kappa shape index (κ2) is 12.0. The van der Waals surface area contributed by atoms with E-state index in [4.69, 9.17) is 11.6 Å². The summed E-state index contributed by atoms with van der Waals surface area (Å²) in [5, 5.41) is 3.45. The molecule has 0 heterocycles. The van der Waals surface area contributed by atoms with Crippen LogP contribution in [0.25, 0.3) is 0 Å². The van der Waals surface area contributed by atoms with Crippen LogP contribution in [-0.2, 0) is 26.2 Å². The lowest BCUT2D eigenvalue weighted by Crippen LogP contribution is -2.52. The van der Waals surface area contributed by atoms with E-state index in [0.29, 0.717) is 23.7 Å². The topological polar surface area (TPSA) is 86.8 Å². The molecule has 33 heavy (non-hydrogen) atoms. The van der Waals surface area contributed by atoms with E-state index in [0.717, 1.165) is 16.1 Å². The third-order valence-electron chi connectivity index (χ3n) is 5.06. The molecule has 0 aromatic heterocycles. The molecular weight excluding hydrogens is 462 g/mol. The predicted molar refractivity (Wildman–Crippen MR) is 133 cm³/mol. The number of halogens is 1. The Labute approximate surface area is 201 Å². The summed E-state index contributed by atoms with van der Waals surface area (Å²) >= 11 is 5.99. The quantitative estimate of drug-likeness (QED) is 0.517. The van der Waals surface area contributed by atoms with Crippen LogP contribution >= 0.6 is 11.6 Å². The van der Waals surface area contributed by atoms with Gasteiger partial charge in [0.05, 0.1) is 11.9 Å². The van der Waals surface area contributed by atoms with Crippen molar-refractivity contribution in [3.05, 3.63) is 65.2 Å². The zero-order valence-electron chi connectivity index (χ0n) is 19.5. The molecule has 0 aliphatic rings. The lowest BCUT2D eigenvalue weighted by Gasteiger charge is -2.33. The Morgan fingerprint density at radius 2 is 1.64 bits per heavy atom.